The quantitative estimate of drug-likeness (QED) is 0.592. The Morgan fingerprint density at radius 1 is 1.18 bits per heavy atom. The first-order valence-corrected chi connectivity index (χ1v) is 10.9. The van der Waals surface area contributed by atoms with Gasteiger partial charge in [0, 0.05) is 19.1 Å². The van der Waals surface area contributed by atoms with Crippen molar-refractivity contribution in [3.63, 3.8) is 0 Å². The highest BCUT2D eigenvalue weighted by atomic mass is 79.9. The van der Waals surface area contributed by atoms with E-state index < -0.39 is 0 Å². The summed E-state index contributed by atoms with van der Waals surface area (Å²) in [4.78, 5) is 2.56. The van der Waals surface area contributed by atoms with Gasteiger partial charge in [-0.15, -0.1) is 0 Å². The number of hydrogen-bond acceptors (Lipinski definition) is 4. The second kappa shape index (κ2) is 10.3. The lowest BCUT2D eigenvalue weighted by molar-refractivity contribution is 0.259. The smallest absolute Gasteiger partial charge is 0.175 e. The average molecular weight is 447 g/mol. The van der Waals surface area contributed by atoms with Crippen LogP contribution in [0.2, 0.25) is 0 Å². The number of halogens is 1. The number of likely N-dealkylation sites (tertiary alicyclic amines) is 1. The number of methoxy groups -OCH3 is 1. The Morgan fingerprint density at radius 3 is 2.68 bits per heavy atom. The first-order valence-electron chi connectivity index (χ1n) is 10.1. The fourth-order valence-corrected chi connectivity index (χ4v) is 4.38. The molecular formula is C23H31BrN2O2. The van der Waals surface area contributed by atoms with Crippen LogP contribution in [0.4, 0.5) is 0 Å². The van der Waals surface area contributed by atoms with Gasteiger partial charge in [0.05, 0.1) is 11.6 Å². The van der Waals surface area contributed by atoms with Gasteiger partial charge in [0.15, 0.2) is 11.5 Å². The molecule has 0 unspecified atom stereocenters. The van der Waals surface area contributed by atoms with Gasteiger partial charge in [0.2, 0.25) is 0 Å². The van der Waals surface area contributed by atoms with Crippen molar-refractivity contribution in [2.75, 3.05) is 26.7 Å². The average Bonchev–Trinajstić information content (AvgIpc) is 3.15. The molecule has 0 radical (unpaired) electrons. The minimum atomic E-state index is 0.515. The number of aryl methyl sites for hydroxylation is 1. The van der Waals surface area contributed by atoms with Crippen molar-refractivity contribution in [3.8, 4) is 11.5 Å². The maximum atomic E-state index is 6.06. The summed E-state index contributed by atoms with van der Waals surface area (Å²) in [5, 5.41) is 3.61. The Kier molecular flexibility index (Phi) is 7.77. The topological polar surface area (TPSA) is 33.7 Å². The molecular weight excluding hydrogens is 416 g/mol. The van der Waals surface area contributed by atoms with Crippen LogP contribution in [-0.2, 0) is 13.2 Å². The van der Waals surface area contributed by atoms with Gasteiger partial charge in [-0.25, -0.2) is 0 Å². The number of ether oxygens (including phenoxy) is 2. The molecule has 1 aliphatic rings. The van der Waals surface area contributed by atoms with Crippen LogP contribution in [0, 0.1) is 6.92 Å². The number of rotatable bonds is 9. The minimum Gasteiger partial charge on any atom is -0.493 e. The molecule has 4 nitrogen and oxygen atoms in total. The van der Waals surface area contributed by atoms with Crippen molar-refractivity contribution in [3.05, 3.63) is 57.6 Å². The maximum absolute atomic E-state index is 6.06. The highest BCUT2D eigenvalue weighted by molar-refractivity contribution is 9.10. The van der Waals surface area contributed by atoms with Gasteiger partial charge >= 0.3 is 0 Å². The minimum absolute atomic E-state index is 0.515. The molecule has 1 atom stereocenters. The van der Waals surface area contributed by atoms with E-state index in [4.69, 9.17) is 9.47 Å². The summed E-state index contributed by atoms with van der Waals surface area (Å²) in [6.07, 6.45) is 2.60. The molecule has 0 aromatic heterocycles. The van der Waals surface area contributed by atoms with Crippen LogP contribution < -0.4 is 14.8 Å². The van der Waals surface area contributed by atoms with Gasteiger partial charge in [-0.1, -0.05) is 36.8 Å². The lowest BCUT2D eigenvalue weighted by Crippen LogP contribution is -2.37. The molecule has 0 saturated carbocycles. The monoisotopic (exact) mass is 446 g/mol. The summed E-state index contributed by atoms with van der Waals surface area (Å²) in [6, 6.07) is 13.2. The van der Waals surface area contributed by atoms with E-state index in [2.05, 4.69) is 76.4 Å². The van der Waals surface area contributed by atoms with Crippen LogP contribution in [0.25, 0.3) is 0 Å². The predicted molar refractivity (Wildman–Crippen MR) is 118 cm³/mol. The Morgan fingerprint density at radius 2 is 1.96 bits per heavy atom. The molecule has 2 aromatic rings. The lowest BCUT2D eigenvalue weighted by atomic mass is 10.1. The van der Waals surface area contributed by atoms with Crippen LogP contribution in [0.3, 0.4) is 0 Å². The molecule has 0 spiro atoms. The van der Waals surface area contributed by atoms with Crippen LogP contribution in [-0.4, -0.2) is 37.7 Å². The van der Waals surface area contributed by atoms with Gasteiger partial charge in [0.1, 0.15) is 6.61 Å². The highest BCUT2D eigenvalue weighted by Gasteiger charge is 2.22. The molecule has 0 amide bonds. The van der Waals surface area contributed by atoms with E-state index >= 15 is 0 Å². The van der Waals surface area contributed by atoms with E-state index in [1.165, 1.54) is 30.5 Å². The number of nitrogens with one attached hydrogen (secondary N) is 1. The summed E-state index contributed by atoms with van der Waals surface area (Å²) < 4.78 is 12.6. The Labute approximate surface area is 177 Å². The van der Waals surface area contributed by atoms with Crippen LogP contribution in [0.1, 0.15) is 36.5 Å². The molecule has 1 saturated heterocycles. The summed E-state index contributed by atoms with van der Waals surface area (Å²) >= 11 is 3.66. The van der Waals surface area contributed by atoms with Crippen molar-refractivity contribution < 1.29 is 9.47 Å². The zero-order valence-electron chi connectivity index (χ0n) is 17.1. The molecule has 3 rings (SSSR count). The normalized spacial score (nSPS) is 17.1. The molecule has 5 heteroatoms. The van der Waals surface area contributed by atoms with Gasteiger partial charge in [-0.05, 0) is 72.0 Å². The Bertz CT molecular complexity index is 764. The molecule has 1 fully saturated rings. The highest BCUT2D eigenvalue weighted by Crippen LogP contribution is 2.37. The third kappa shape index (κ3) is 5.49. The zero-order chi connectivity index (χ0) is 19.9. The molecule has 28 heavy (non-hydrogen) atoms. The summed E-state index contributed by atoms with van der Waals surface area (Å²) in [5.41, 5.74) is 3.58. The van der Waals surface area contributed by atoms with E-state index in [9.17, 15) is 0 Å². The Balaban J connectivity index is 1.59. The second-order valence-corrected chi connectivity index (χ2v) is 8.29. The standard InChI is InChI=1S/C23H31BrN2O2/c1-4-26-11-5-6-20(26)15-25-14-19-12-21(24)23(22(13-19)27-3)28-16-18-9-7-17(2)8-10-18/h7-10,12-13,20,25H,4-6,11,14-16H2,1-3H3/t20-/m0/s1. The zero-order valence-corrected chi connectivity index (χ0v) is 18.7. The molecule has 0 bridgehead atoms. The molecule has 1 heterocycles. The number of nitrogens with zero attached hydrogens (tertiary/aromatic N) is 1. The van der Waals surface area contributed by atoms with Crippen molar-refractivity contribution >= 4 is 15.9 Å². The Hall–Kier alpha value is -1.56. The molecule has 0 aliphatic carbocycles. The first kappa shape index (κ1) is 21.2. The van der Waals surface area contributed by atoms with Crippen molar-refractivity contribution in [1.29, 1.82) is 0 Å². The SMILES string of the molecule is CCN1CCC[C@H]1CNCc1cc(Br)c(OCc2ccc(C)cc2)c(OC)c1. The number of hydrogen-bond donors (Lipinski definition) is 1. The third-order valence-electron chi connectivity index (χ3n) is 5.41. The van der Waals surface area contributed by atoms with E-state index in [1.807, 2.05) is 0 Å². The molecule has 2 aromatic carbocycles. The van der Waals surface area contributed by atoms with Crippen molar-refractivity contribution in [2.24, 2.45) is 0 Å². The molecule has 1 aliphatic heterocycles. The molecule has 1 N–H and O–H groups in total. The van der Waals surface area contributed by atoms with E-state index in [-0.39, 0.29) is 0 Å². The summed E-state index contributed by atoms with van der Waals surface area (Å²) in [5.74, 6) is 1.51. The van der Waals surface area contributed by atoms with Crippen LogP contribution in [0.5, 0.6) is 11.5 Å². The first-order chi connectivity index (χ1) is 13.6. The third-order valence-corrected chi connectivity index (χ3v) is 6.00. The van der Waals surface area contributed by atoms with Crippen LogP contribution >= 0.6 is 15.9 Å². The van der Waals surface area contributed by atoms with E-state index in [1.54, 1.807) is 7.11 Å². The van der Waals surface area contributed by atoms with Gasteiger partial charge < -0.3 is 14.8 Å². The maximum Gasteiger partial charge on any atom is 0.175 e. The second-order valence-electron chi connectivity index (χ2n) is 7.44. The largest absolute Gasteiger partial charge is 0.493 e. The van der Waals surface area contributed by atoms with Crippen LogP contribution in [0.15, 0.2) is 40.9 Å². The predicted octanol–water partition coefficient (Wildman–Crippen LogP) is 4.92. The van der Waals surface area contributed by atoms with Gasteiger partial charge in [-0.2, -0.15) is 0 Å². The summed E-state index contributed by atoms with van der Waals surface area (Å²) in [7, 11) is 1.69. The lowest BCUT2D eigenvalue weighted by Gasteiger charge is -2.23. The van der Waals surface area contributed by atoms with E-state index in [0.717, 1.165) is 41.2 Å². The fraction of sp³-hybridized carbons (Fsp3) is 0.478. The van der Waals surface area contributed by atoms with Crippen molar-refractivity contribution in [1.82, 2.24) is 10.2 Å². The van der Waals surface area contributed by atoms with E-state index in [0.29, 0.717) is 12.6 Å². The van der Waals surface area contributed by atoms with Crippen molar-refractivity contribution in [2.45, 2.75) is 45.9 Å². The molecule has 152 valence electrons. The number of likely N-dealkylation sites (N-methyl/N-ethyl adjacent to an activating group) is 1. The van der Waals surface area contributed by atoms with Gasteiger partial charge in [0.25, 0.3) is 0 Å². The number of benzene rings is 2. The van der Waals surface area contributed by atoms with Gasteiger partial charge in [-0.3, -0.25) is 4.90 Å². The fourth-order valence-electron chi connectivity index (χ4n) is 3.78. The summed E-state index contributed by atoms with van der Waals surface area (Å²) in [6.45, 7) is 9.06.